The minimum absolute atomic E-state index is 0.0115. The van der Waals surface area contributed by atoms with Crippen molar-refractivity contribution in [3.63, 3.8) is 0 Å². The zero-order valence-electron chi connectivity index (χ0n) is 17.2. The first-order chi connectivity index (χ1) is 14.0. The molecule has 1 atom stereocenters. The summed E-state index contributed by atoms with van der Waals surface area (Å²) >= 11 is 0. The van der Waals surface area contributed by atoms with Gasteiger partial charge in [-0.15, -0.1) is 0 Å². The number of nitrogens with zero attached hydrogens (tertiary/aromatic N) is 4. The summed E-state index contributed by atoms with van der Waals surface area (Å²) in [5.41, 5.74) is 2.71. The maximum atomic E-state index is 13.4. The van der Waals surface area contributed by atoms with Crippen molar-refractivity contribution in [2.45, 2.75) is 45.3 Å². The van der Waals surface area contributed by atoms with Gasteiger partial charge in [0, 0.05) is 25.5 Å². The molecule has 1 aliphatic heterocycles. The molecule has 1 unspecified atom stereocenters. The van der Waals surface area contributed by atoms with Gasteiger partial charge in [0.15, 0.2) is 0 Å². The first-order valence-corrected chi connectivity index (χ1v) is 10.1. The van der Waals surface area contributed by atoms with E-state index in [0.717, 1.165) is 17.8 Å². The first-order valence-electron chi connectivity index (χ1n) is 10.1. The second-order valence-corrected chi connectivity index (χ2v) is 8.12. The first kappa shape index (κ1) is 19.2. The molecule has 0 saturated heterocycles. The lowest BCUT2D eigenvalue weighted by atomic mass is 9.89. The number of pyridine rings is 1. The van der Waals surface area contributed by atoms with Crippen LogP contribution in [-0.2, 0) is 12.1 Å². The van der Waals surface area contributed by atoms with Gasteiger partial charge < -0.3 is 10.2 Å². The average Bonchev–Trinajstić information content (AvgIpc) is 3.17. The minimum Gasteiger partial charge on any atom is -0.363 e. The van der Waals surface area contributed by atoms with E-state index in [-0.39, 0.29) is 17.5 Å². The molecule has 1 N–H and O–H groups in total. The maximum absolute atomic E-state index is 13.4. The third-order valence-corrected chi connectivity index (χ3v) is 5.58. The van der Waals surface area contributed by atoms with Crippen LogP contribution in [0.2, 0.25) is 0 Å². The summed E-state index contributed by atoms with van der Waals surface area (Å²) in [5.74, 6) is 0.788. The number of aromatic nitrogens is 3. The zero-order valence-corrected chi connectivity index (χ0v) is 17.2. The number of carbonyl (C=O) groups is 1. The number of fused-ring (bicyclic) bond motifs is 1. The number of rotatable bonds is 5. The van der Waals surface area contributed by atoms with Gasteiger partial charge in [-0.1, -0.05) is 30.3 Å². The lowest BCUT2D eigenvalue weighted by Gasteiger charge is -2.38. The lowest BCUT2D eigenvalue weighted by Crippen LogP contribution is -2.39. The van der Waals surface area contributed by atoms with Crippen molar-refractivity contribution in [3.8, 4) is 0 Å². The Hall–Kier alpha value is -3.15. The molecule has 3 aromatic rings. The molecule has 0 bridgehead atoms. The summed E-state index contributed by atoms with van der Waals surface area (Å²) in [5, 5.41) is 8.16. The SMILES string of the molecule is CCN(Cc1ccncc1)C(=O)c1cnn2c1NC(c1ccccc1)CC2(C)C. The van der Waals surface area contributed by atoms with E-state index in [1.807, 2.05) is 34.7 Å². The summed E-state index contributed by atoms with van der Waals surface area (Å²) in [6.07, 6.45) is 6.11. The van der Waals surface area contributed by atoms with Crippen molar-refractivity contribution in [1.29, 1.82) is 0 Å². The Kier molecular flexibility index (Phi) is 5.09. The minimum atomic E-state index is -0.193. The molecular formula is C23H27N5O. The number of hydrogen-bond acceptors (Lipinski definition) is 4. The molecule has 3 heterocycles. The van der Waals surface area contributed by atoms with Crippen molar-refractivity contribution in [2.24, 2.45) is 0 Å². The Morgan fingerprint density at radius 1 is 1.21 bits per heavy atom. The normalized spacial score (nSPS) is 17.3. The van der Waals surface area contributed by atoms with Crippen LogP contribution in [0.5, 0.6) is 0 Å². The van der Waals surface area contributed by atoms with Crippen LogP contribution in [0.25, 0.3) is 0 Å². The third kappa shape index (κ3) is 3.75. The lowest BCUT2D eigenvalue weighted by molar-refractivity contribution is 0.0753. The summed E-state index contributed by atoms with van der Waals surface area (Å²) < 4.78 is 1.96. The molecular weight excluding hydrogens is 362 g/mol. The number of benzene rings is 1. The molecule has 6 nitrogen and oxygen atoms in total. The number of hydrogen-bond donors (Lipinski definition) is 1. The summed E-state index contributed by atoms with van der Waals surface area (Å²) in [6.45, 7) is 7.51. The fraction of sp³-hybridized carbons (Fsp3) is 0.348. The fourth-order valence-electron chi connectivity index (χ4n) is 4.00. The van der Waals surface area contributed by atoms with E-state index >= 15 is 0 Å². The second kappa shape index (κ2) is 7.70. The third-order valence-electron chi connectivity index (χ3n) is 5.58. The standard InChI is InChI=1S/C23H27N5O/c1-4-27(16-17-10-12-24-13-11-17)22(29)19-15-25-28-21(19)26-20(14-23(28,2)3)18-8-6-5-7-9-18/h5-13,15,20,26H,4,14,16H2,1-3H3. The maximum Gasteiger partial charge on any atom is 0.259 e. The molecule has 1 aliphatic rings. The van der Waals surface area contributed by atoms with Crippen LogP contribution in [0.1, 0.15) is 54.7 Å². The molecule has 0 aliphatic carbocycles. The molecule has 29 heavy (non-hydrogen) atoms. The van der Waals surface area contributed by atoms with E-state index in [0.29, 0.717) is 18.7 Å². The van der Waals surface area contributed by atoms with E-state index in [1.54, 1.807) is 18.6 Å². The number of anilines is 1. The predicted octanol–water partition coefficient (Wildman–Crippen LogP) is 4.23. The summed E-state index contributed by atoms with van der Waals surface area (Å²) in [4.78, 5) is 19.3. The van der Waals surface area contributed by atoms with Crippen molar-refractivity contribution >= 4 is 11.7 Å². The van der Waals surface area contributed by atoms with E-state index in [9.17, 15) is 4.79 Å². The topological polar surface area (TPSA) is 63.1 Å². The Labute approximate surface area is 171 Å². The van der Waals surface area contributed by atoms with Crippen LogP contribution in [0.15, 0.2) is 61.1 Å². The molecule has 150 valence electrons. The summed E-state index contributed by atoms with van der Waals surface area (Å²) in [6, 6.07) is 14.4. The average molecular weight is 390 g/mol. The van der Waals surface area contributed by atoms with Gasteiger partial charge in [-0.05, 0) is 50.5 Å². The van der Waals surface area contributed by atoms with Gasteiger partial charge >= 0.3 is 0 Å². The van der Waals surface area contributed by atoms with Crippen LogP contribution < -0.4 is 5.32 Å². The van der Waals surface area contributed by atoms with Gasteiger partial charge in [0.25, 0.3) is 5.91 Å². The van der Waals surface area contributed by atoms with Gasteiger partial charge in [0.1, 0.15) is 11.4 Å². The van der Waals surface area contributed by atoms with Gasteiger partial charge in [0.2, 0.25) is 0 Å². The number of amides is 1. The predicted molar refractivity (Wildman–Crippen MR) is 114 cm³/mol. The Bertz CT molecular complexity index is 981. The fourth-order valence-corrected chi connectivity index (χ4v) is 4.00. The summed E-state index contributed by atoms with van der Waals surface area (Å²) in [7, 11) is 0. The van der Waals surface area contributed by atoms with Gasteiger partial charge in [-0.3, -0.25) is 9.78 Å². The largest absolute Gasteiger partial charge is 0.363 e. The van der Waals surface area contributed by atoms with Gasteiger partial charge in [0.05, 0.1) is 17.8 Å². The number of carbonyl (C=O) groups excluding carboxylic acids is 1. The van der Waals surface area contributed by atoms with E-state index in [2.05, 4.69) is 53.5 Å². The Balaban J connectivity index is 1.65. The highest BCUT2D eigenvalue weighted by atomic mass is 16.2. The molecule has 0 spiro atoms. The van der Waals surface area contributed by atoms with E-state index in [1.165, 1.54) is 5.56 Å². The number of nitrogens with one attached hydrogen (secondary N) is 1. The molecule has 2 aromatic heterocycles. The molecule has 6 heteroatoms. The monoisotopic (exact) mass is 389 g/mol. The van der Waals surface area contributed by atoms with Crippen LogP contribution in [0.3, 0.4) is 0 Å². The van der Waals surface area contributed by atoms with Crippen molar-refractivity contribution in [3.05, 3.63) is 77.7 Å². The van der Waals surface area contributed by atoms with Crippen molar-refractivity contribution in [2.75, 3.05) is 11.9 Å². The Morgan fingerprint density at radius 3 is 2.62 bits per heavy atom. The molecule has 0 radical (unpaired) electrons. The quantitative estimate of drug-likeness (QED) is 0.709. The molecule has 0 fully saturated rings. The molecule has 1 amide bonds. The van der Waals surface area contributed by atoms with Crippen LogP contribution in [-0.4, -0.2) is 32.1 Å². The highest BCUT2D eigenvalue weighted by Gasteiger charge is 2.37. The van der Waals surface area contributed by atoms with Crippen molar-refractivity contribution < 1.29 is 4.79 Å². The smallest absolute Gasteiger partial charge is 0.259 e. The highest BCUT2D eigenvalue weighted by Crippen LogP contribution is 2.40. The van der Waals surface area contributed by atoms with Crippen LogP contribution >= 0.6 is 0 Å². The van der Waals surface area contributed by atoms with Gasteiger partial charge in [-0.2, -0.15) is 5.10 Å². The molecule has 1 aromatic carbocycles. The Morgan fingerprint density at radius 2 is 1.93 bits per heavy atom. The van der Waals surface area contributed by atoms with Crippen molar-refractivity contribution in [1.82, 2.24) is 19.7 Å². The van der Waals surface area contributed by atoms with E-state index in [4.69, 9.17) is 0 Å². The zero-order chi connectivity index (χ0) is 20.4. The van der Waals surface area contributed by atoms with Gasteiger partial charge in [-0.25, -0.2) is 4.68 Å². The van der Waals surface area contributed by atoms with Crippen LogP contribution in [0.4, 0.5) is 5.82 Å². The molecule has 4 rings (SSSR count). The molecule has 0 saturated carbocycles. The van der Waals surface area contributed by atoms with Crippen LogP contribution in [0, 0.1) is 0 Å². The second-order valence-electron chi connectivity index (χ2n) is 8.12. The highest BCUT2D eigenvalue weighted by molar-refractivity contribution is 5.99. The van der Waals surface area contributed by atoms with E-state index < -0.39 is 0 Å².